The minimum Gasteiger partial charge on any atom is -0.465 e. The molecule has 4 nitrogen and oxygen atoms in total. The largest absolute Gasteiger partial charge is 0.465 e. The maximum absolute atomic E-state index is 9.46. The number of rotatable bonds is 8. The van der Waals surface area contributed by atoms with Gasteiger partial charge in [-0.3, -0.25) is 9.80 Å². The Hall–Kier alpha value is -1.62. The lowest BCUT2D eigenvalue weighted by Gasteiger charge is -2.41. The second-order valence-electron chi connectivity index (χ2n) is 7.04. The molecule has 1 atom stereocenters. The number of hydrogen-bond acceptors (Lipinski definition) is 4. The van der Waals surface area contributed by atoms with Gasteiger partial charge in [-0.15, -0.1) is 0 Å². The summed E-state index contributed by atoms with van der Waals surface area (Å²) >= 11 is 0. The predicted molar refractivity (Wildman–Crippen MR) is 101 cm³/mol. The summed E-state index contributed by atoms with van der Waals surface area (Å²) in [5.74, 6) is 2.01. The van der Waals surface area contributed by atoms with Crippen molar-refractivity contribution < 1.29 is 9.52 Å². The molecule has 1 aromatic heterocycles. The van der Waals surface area contributed by atoms with Crippen LogP contribution in [-0.4, -0.2) is 53.7 Å². The number of hydrogen-bond donors (Lipinski definition) is 1. The van der Waals surface area contributed by atoms with Gasteiger partial charge in [0.25, 0.3) is 0 Å². The van der Waals surface area contributed by atoms with E-state index in [2.05, 4.69) is 46.2 Å². The van der Waals surface area contributed by atoms with E-state index in [4.69, 9.17) is 4.42 Å². The Kier molecular flexibility index (Phi) is 6.68. The number of aryl methyl sites for hydroxylation is 2. The van der Waals surface area contributed by atoms with E-state index < -0.39 is 0 Å². The number of nitrogens with zero attached hydrogens (tertiary/aromatic N) is 2. The summed E-state index contributed by atoms with van der Waals surface area (Å²) in [6.07, 6.45) is 3.14. The third-order valence-corrected chi connectivity index (χ3v) is 5.08. The predicted octanol–water partition coefficient (Wildman–Crippen LogP) is 3.09. The molecule has 2 heterocycles. The van der Waals surface area contributed by atoms with Crippen LogP contribution in [0.1, 0.15) is 29.9 Å². The van der Waals surface area contributed by atoms with Gasteiger partial charge in [0.2, 0.25) is 0 Å². The molecule has 1 aliphatic heterocycles. The number of piperazine rings is 1. The first kappa shape index (κ1) is 18.2. The Morgan fingerprint density at radius 1 is 1.12 bits per heavy atom. The first-order chi connectivity index (χ1) is 12.2. The highest BCUT2D eigenvalue weighted by molar-refractivity contribution is 5.14. The van der Waals surface area contributed by atoms with Crippen LogP contribution in [0.5, 0.6) is 0 Å². The minimum absolute atomic E-state index is 0.257. The fourth-order valence-corrected chi connectivity index (χ4v) is 3.74. The van der Waals surface area contributed by atoms with Crippen LogP contribution in [-0.2, 0) is 13.0 Å². The average molecular weight is 342 g/mol. The monoisotopic (exact) mass is 342 g/mol. The van der Waals surface area contributed by atoms with Gasteiger partial charge >= 0.3 is 0 Å². The van der Waals surface area contributed by atoms with Crippen molar-refractivity contribution in [3.63, 3.8) is 0 Å². The van der Waals surface area contributed by atoms with Crippen LogP contribution in [0.25, 0.3) is 0 Å². The lowest BCUT2D eigenvalue weighted by molar-refractivity contribution is 0.0513. The van der Waals surface area contributed by atoms with E-state index >= 15 is 0 Å². The van der Waals surface area contributed by atoms with Crippen molar-refractivity contribution in [2.24, 2.45) is 0 Å². The number of furan rings is 1. The average Bonchev–Trinajstić information content (AvgIpc) is 3.03. The van der Waals surface area contributed by atoms with E-state index in [1.54, 1.807) is 0 Å². The van der Waals surface area contributed by atoms with Crippen LogP contribution in [0.3, 0.4) is 0 Å². The zero-order chi connectivity index (χ0) is 17.5. The highest BCUT2D eigenvalue weighted by Crippen LogP contribution is 2.17. The summed E-state index contributed by atoms with van der Waals surface area (Å²) in [6.45, 7) is 7.36. The highest BCUT2D eigenvalue weighted by Gasteiger charge is 2.26. The van der Waals surface area contributed by atoms with Gasteiger partial charge in [0, 0.05) is 32.3 Å². The van der Waals surface area contributed by atoms with E-state index in [9.17, 15) is 5.11 Å². The Morgan fingerprint density at radius 2 is 1.96 bits per heavy atom. The maximum Gasteiger partial charge on any atom is 0.118 e. The molecule has 1 N–H and O–H groups in total. The molecule has 0 unspecified atom stereocenters. The van der Waals surface area contributed by atoms with Crippen molar-refractivity contribution in [2.45, 2.75) is 38.8 Å². The van der Waals surface area contributed by atoms with E-state index in [-0.39, 0.29) is 6.61 Å². The second kappa shape index (κ2) is 9.18. The van der Waals surface area contributed by atoms with Gasteiger partial charge in [0.15, 0.2) is 0 Å². The van der Waals surface area contributed by atoms with E-state index in [1.165, 1.54) is 12.0 Å². The molecule has 0 aliphatic carbocycles. The quantitative estimate of drug-likeness (QED) is 0.800. The number of aliphatic hydroxyl groups is 1. The topological polar surface area (TPSA) is 39.9 Å². The summed E-state index contributed by atoms with van der Waals surface area (Å²) in [4.78, 5) is 5.01. The molecule has 1 aromatic carbocycles. The Labute approximate surface area is 151 Å². The van der Waals surface area contributed by atoms with E-state index in [0.717, 1.165) is 57.1 Å². The molecule has 0 amide bonds. The van der Waals surface area contributed by atoms with Crippen molar-refractivity contribution in [1.29, 1.82) is 0 Å². The van der Waals surface area contributed by atoms with Gasteiger partial charge < -0.3 is 9.52 Å². The number of aliphatic hydroxyl groups excluding tert-OH is 1. The van der Waals surface area contributed by atoms with Gasteiger partial charge in [-0.05, 0) is 50.4 Å². The van der Waals surface area contributed by atoms with Crippen LogP contribution in [0, 0.1) is 6.92 Å². The molecule has 136 valence electrons. The molecule has 0 saturated carbocycles. The van der Waals surface area contributed by atoms with E-state index in [1.807, 2.05) is 13.0 Å². The maximum atomic E-state index is 9.46. The molecular weight excluding hydrogens is 312 g/mol. The molecule has 0 bridgehead atoms. The van der Waals surface area contributed by atoms with Crippen LogP contribution in [0.2, 0.25) is 0 Å². The second-order valence-corrected chi connectivity index (χ2v) is 7.04. The van der Waals surface area contributed by atoms with Crippen LogP contribution in [0.15, 0.2) is 46.9 Å². The summed E-state index contributed by atoms with van der Waals surface area (Å²) in [5.41, 5.74) is 1.41. The Bertz CT molecular complexity index is 626. The fraction of sp³-hybridized carbons (Fsp3) is 0.524. The zero-order valence-corrected chi connectivity index (χ0v) is 15.2. The van der Waals surface area contributed by atoms with Gasteiger partial charge in [-0.25, -0.2) is 0 Å². The van der Waals surface area contributed by atoms with Gasteiger partial charge in [0.05, 0.1) is 6.54 Å². The fourth-order valence-electron chi connectivity index (χ4n) is 3.74. The molecule has 1 aliphatic rings. The molecule has 3 rings (SSSR count). The molecule has 1 saturated heterocycles. The summed E-state index contributed by atoms with van der Waals surface area (Å²) in [5, 5.41) is 9.46. The third kappa shape index (κ3) is 5.43. The smallest absolute Gasteiger partial charge is 0.118 e. The van der Waals surface area contributed by atoms with Crippen molar-refractivity contribution in [2.75, 3.05) is 32.8 Å². The molecule has 4 heteroatoms. The van der Waals surface area contributed by atoms with Crippen molar-refractivity contribution in [3.05, 3.63) is 59.5 Å². The summed E-state index contributed by atoms with van der Waals surface area (Å²) < 4.78 is 5.72. The van der Waals surface area contributed by atoms with Crippen LogP contribution < -0.4 is 0 Å². The SMILES string of the molecule is Cc1ccc(CN2CCN(CCCc3ccccc3)[C@@H](CCO)C2)o1. The zero-order valence-electron chi connectivity index (χ0n) is 15.2. The highest BCUT2D eigenvalue weighted by atomic mass is 16.3. The standard InChI is InChI=1S/C21H30N2O2/c1-18-9-10-21(25-18)17-22-13-14-23(20(16-22)11-15-24)12-5-8-19-6-3-2-4-7-19/h2-4,6-7,9-10,20,24H,5,8,11-17H2,1H3/t20-/m0/s1. The van der Waals surface area contributed by atoms with Crippen molar-refractivity contribution >= 4 is 0 Å². The molecule has 0 spiro atoms. The van der Waals surface area contributed by atoms with Crippen LogP contribution >= 0.6 is 0 Å². The van der Waals surface area contributed by atoms with Gasteiger partial charge in [-0.1, -0.05) is 30.3 Å². The Morgan fingerprint density at radius 3 is 2.68 bits per heavy atom. The molecule has 1 fully saturated rings. The van der Waals surface area contributed by atoms with Gasteiger partial charge in [-0.2, -0.15) is 0 Å². The van der Waals surface area contributed by atoms with Crippen molar-refractivity contribution in [3.8, 4) is 0 Å². The normalized spacial score (nSPS) is 19.4. The van der Waals surface area contributed by atoms with Crippen molar-refractivity contribution in [1.82, 2.24) is 9.80 Å². The van der Waals surface area contributed by atoms with E-state index in [0.29, 0.717) is 6.04 Å². The molecular formula is C21H30N2O2. The molecule has 25 heavy (non-hydrogen) atoms. The summed E-state index contributed by atoms with van der Waals surface area (Å²) in [7, 11) is 0. The third-order valence-electron chi connectivity index (χ3n) is 5.08. The summed E-state index contributed by atoms with van der Waals surface area (Å²) in [6, 6.07) is 15.2. The lowest BCUT2D eigenvalue weighted by Crippen LogP contribution is -2.53. The molecule has 0 radical (unpaired) electrons. The lowest BCUT2D eigenvalue weighted by atomic mass is 10.1. The first-order valence-electron chi connectivity index (χ1n) is 9.41. The number of benzene rings is 1. The van der Waals surface area contributed by atoms with Gasteiger partial charge in [0.1, 0.15) is 11.5 Å². The molecule has 2 aromatic rings. The Balaban J connectivity index is 1.49. The minimum atomic E-state index is 0.257. The van der Waals surface area contributed by atoms with Crippen LogP contribution in [0.4, 0.5) is 0 Å². The first-order valence-corrected chi connectivity index (χ1v) is 9.41.